The van der Waals surface area contributed by atoms with Crippen molar-refractivity contribution in [2.45, 2.75) is 33.6 Å². The minimum absolute atomic E-state index is 0.660. The minimum Gasteiger partial charge on any atom is -0.501 e. The fourth-order valence-electron chi connectivity index (χ4n) is 1.64. The Morgan fingerprint density at radius 2 is 1.52 bits per heavy atom. The second kappa shape index (κ2) is 12.1. The molecule has 0 saturated carbocycles. The summed E-state index contributed by atoms with van der Waals surface area (Å²) in [7, 11) is 3.32. The zero-order chi connectivity index (χ0) is 16.1. The predicted octanol–water partition coefficient (Wildman–Crippen LogP) is 2.73. The largest absolute Gasteiger partial charge is 0.501 e. The molecular formula is C16H29N3O2. The summed E-state index contributed by atoms with van der Waals surface area (Å²) < 4.78 is 10.4. The quantitative estimate of drug-likeness (QED) is 0.383. The average molecular weight is 295 g/mol. The fraction of sp³-hybridized carbons (Fsp3) is 0.625. The smallest absolute Gasteiger partial charge is 0.0973 e. The molecule has 0 rings (SSSR count). The summed E-state index contributed by atoms with van der Waals surface area (Å²) in [6, 6.07) is 0. The van der Waals surface area contributed by atoms with Crippen molar-refractivity contribution >= 4 is 11.4 Å². The molecule has 2 N–H and O–H groups in total. The van der Waals surface area contributed by atoms with Gasteiger partial charge in [-0.15, -0.1) is 0 Å². The molecule has 5 nitrogen and oxygen atoms in total. The number of nitrogens with zero attached hydrogens (tertiary/aromatic N) is 2. The monoisotopic (exact) mass is 295 g/mol. The Bertz CT molecular complexity index is 410. The Labute approximate surface area is 128 Å². The molecule has 0 aromatic heterocycles. The van der Waals surface area contributed by atoms with E-state index >= 15 is 0 Å². The lowest BCUT2D eigenvalue weighted by Crippen LogP contribution is -2.01. The maximum absolute atomic E-state index is 5.49. The number of aliphatic imine (C=N–C) groups is 2. The highest BCUT2D eigenvalue weighted by Crippen LogP contribution is 2.05. The second-order valence-corrected chi connectivity index (χ2v) is 4.71. The van der Waals surface area contributed by atoms with Gasteiger partial charge >= 0.3 is 0 Å². The number of hydrogen-bond acceptors (Lipinski definition) is 5. The highest BCUT2D eigenvalue weighted by Gasteiger charge is 1.97. The van der Waals surface area contributed by atoms with Gasteiger partial charge in [0.05, 0.1) is 38.8 Å². The van der Waals surface area contributed by atoms with Crippen LogP contribution in [0.3, 0.4) is 0 Å². The van der Waals surface area contributed by atoms with Gasteiger partial charge in [0, 0.05) is 17.8 Å². The van der Waals surface area contributed by atoms with Gasteiger partial charge in [-0.25, -0.2) is 0 Å². The van der Waals surface area contributed by atoms with Gasteiger partial charge in [-0.3, -0.25) is 9.98 Å². The van der Waals surface area contributed by atoms with Crippen LogP contribution in [-0.4, -0.2) is 45.3 Å². The van der Waals surface area contributed by atoms with Crippen LogP contribution < -0.4 is 5.73 Å². The van der Waals surface area contributed by atoms with Crippen molar-refractivity contribution in [1.82, 2.24) is 0 Å². The van der Waals surface area contributed by atoms with Gasteiger partial charge in [0.2, 0.25) is 0 Å². The zero-order valence-electron chi connectivity index (χ0n) is 14.0. The normalized spacial score (nSPS) is 14.4. The van der Waals surface area contributed by atoms with Crippen LogP contribution in [0.1, 0.15) is 33.6 Å². The first kappa shape index (κ1) is 19.4. The number of nitrogens with two attached hydrogens (primary N) is 1. The van der Waals surface area contributed by atoms with E-state index in [1.165, 1.54) is 0 Å². The maximum atomic E-state index is 5.49. The van der Waals surface area contributed by atoms with Crippen LogP contribution in [0.15, 0.2) is 33.7 Å². The number of hydrogen-bond donors (Lipinski definition) is 1. The van der Waals surface area contributed by atoms with E-state index in [0.717, 1.165) is 35.8 Å². The molecule has 120 valence electrons. The molecule has 0 radical (unpaired) electrons. The molecule has 0 unspecified atom stereocenters. The second-order valence-electron chi connectivity index (χ2n) is 4.71. The van der Waals surface area contributed by atoms with Gasteiger partial charge in [0.15, 0.2) is 0 Å². The van der Waals surface area contributed by atoms with Gasteiger partial charge < -0.3 is 15.2 Å². The first-order chi connectivity index (χ1) is 10.0. The van der Waals surface area contributed by atoms with E-state index in [-0.39, 0.29) is 0 Å². The Kier molecular flexibility index (Phi) is 11.2. The molecule has 0 bridgehead atoms. The van der Waals surface area contributed by atoms with E-state index in [2.05, 4.69) is 9.98 Å². The Morgan fingerprint density at radius 3 is 2.00 bits per heavy atom. The van der Waals surface area contributed by atoms with Crippen molar-refractivity contribution < 1.29 is 9.47 Å². The van der Waals surface area contributed by atoms with Crippen molar-refractivity contribution in [2.75, 3.05) is 33.9 Å². The maximum Gasteiger partial charge on any atom is 0.0973 e. The average Bonchev–Trinajstić information content (AvgIpc) is 2.47. The van der Waals surface area contributed by atoms with Crippen LogP contribution in [0.5, 0.6) is 0 Å². The number of methoxy groups -OCH3 is 2. The van der Waals surface area contributed by atoms with E-state index in [4.69, 9.17) is 15.2 Å². The summed E-state index contributed by atoms with van der Waals surface area (Å²) in [5.41, 5.74) is 7.38. The van der Waals surface area contributed by atoms with Crippen molar-refractivity contribution in [1.29, 1.82) is 0 Å². The van der Waals surface area contributed by atoms with Gasteiger partial charge in [-0.2, -0.15) is 0 Å². The molecule has 5 heteroatoms. The number of ether oxygens (including phenoxy) is 2. The molecule has 0 aliphatic rings. The SMILES string of the molecule is CO/C(C)=C\C(C)=NCCN=C(C)/C=C(/CCCN)OC. The number of rotatable bonds is 10. The molecule has 0 aromatic carbocycles. The molecule has 0 spiro atoms. The highest BCUT2D eigenvalue weighted by atomic mass is 16.5. The Balaban J connectivity index is 4.35. The Morgan fingerprint density at radius 1 is 0.952 bits per heavy atom. The molecule has 0 amide bonds. The molecule has 0 heterocycles. The van der Waals surface area contributed by atoms with E-state index < -0.39 is 0 Å². The summed E-state index contributed by atoms with van der Waals surface area (Å²) in [5.74, 6) is 1.77. The molecular weight excluding hydrogens is 266 g/mol. The van der Waals surface area contributed by atoms with Crippen molar-refractivity contribution in [3.05, 3.63) is 23.7 Å². The van der Waals surface area contributed by atoms with Crippen molar-refractivity contribution in [2.24, 2.45) is 15.7 Å². The standard InChI is InChI=1S/C16H29N3O2/c1-13(11-15(3)20-4)18-9-10-19-14(2)12-16(21-5)7-6-8-17/h11-12H,6-10,17H2,1-5H3/b15-11-,16-12-,18-13?,19-14?. The summed E-state index contributed by atoms with van der Waals surface area (Å²) in [5, 5.41) is 0. The van der Waals surface area contributed by atoms with Gasteiger partial charge in [-0.05, 0) is 45.9 Å². The fourth-order valence-corrected chi connectivity index (χ4v) is 1.64. The zero-order valence-corrected chi connectivity index (χ0v) is 14.0. The molecule has 0 aliphatic heterocycles. The van der Waals surface area contributed by atoms with Gasteiger partial charge in [0.25, 0.3) is 0 Å². The van der Waals surface area contributed by atoms with Crippen LogP contribution in [-0.2, 0) is 9.47 Å². The lowest BCUT2D eigenvalue weighted by atomic mass is 10.2. The van der Waals surface area contributed by atoms with Crippen LogP contribution in [0.4, 0.5) is 0 Å². The summed E-state index contributed by atoms with van der Waals surface area (Å²) in [6.45, 7) is 7.81. The van der Waals surface area contributed by atoms with Crippen molar-refractivity contribution in [3.8, 4) is 0 Å². The first-order valence-corrected chi connectivity index (χ1v) is 7.22. The van der Waals surface area contributed by atoms with Crippen LogP contribution in [0.2, 0.25) is 0 Å². The number of allylic oxidation sites excluding steroid dienone is 4. The first-order valence-electron chi connectivity index (χ1n) is 7.22. The van der Waals surface area contributed by atoms with Crippen molar-refractivity contribution in [3.63, 3.8) is 0 Å². The van der Waals surface area contributed by atoms with Crippen LogP contribution >= 0.6 is 0 Å². The molecule has 21 heavy (non-hydrogen) atoms. The summed E-state index contributed by atoms with van der Waals surface area (Å²) >= 11 is 0. The van der Waals surface area contributed by atoms with E-state index in [1.807, 2.05) is 32.9 Å². The lowest BCUT2D eigenvalue weighted by molar-refractivity contribution is 0.276. The molecule has 0 aromatic rings. The van der Waals surface area contributed by atoms with E-state index in [0.29, 0.717) is 19.6 Å². The summed E-state index contributed by atoms with van der Waals surface area (Å²) in [6.07, 6.45) is 5.63. The highest BCUT2D eigenvalue weighted by molar-refractivity contribution is 5.93. The van der Waals surface area contributed by atoms with Crippen LogP contribution in [0, 0.1) is 0 Å². The van der Waals surface area contributed by atoms with Crippen LogP contribution in [0.25, 0.3) is 0 Å². The molecule has 0 aliphatic carbocycles. The predicted molar refractivity (Wildman–Crippen MR) is 90.1 cm³/mol. The van der Waals surface area contributed by atoms with Gasteiger partial charge in [0.1, 0.15) is 0 Å². The van der Waals surface area contributed by atoms with Gasteiger partial charge in [-0.1, -0.05) is 0 Å². The topological polar surface area (TPSA) is 69.2 Å². The third-order valence-corrected chi connectivity index (χ3v) is 2.82. The van der Waals surface area contributed by atoms with E-state index in [9.17, 15) is 0 Å². The third-order valence-electron chi connectivity index (χ3n) is 2.82. The Hall–Kier alpha value is -1.62. The minimum atomic E-state index is 0.660. The molecule has 0 atom stereocenters. The van der Waals surface area contributed by atoms with E-state index in [1.54, 1.807) is 14.2 Å². The summed E-state index contributed by atoms with van der Waals surface area (Å²) in [4.78, 5) is 8.88. The molecule has 0 saturated heterocycles. The third kappa shape index (κ3) is 10.8. The molecule has 0 fully saturated rings. The lowest BCUT2D eigenvalue weighted by Gasteiger charge is -2.05.